The van der Waals surface area contributed by atoms with Gasteiger partial charge in [0.2, 0.25) is 5.91 Å². The van der Waals surface area contributed by atoms with Gasteiger partial charge in [-0.25, -0.2) is 8.42 Å². The maximum Gasteiger partial charge on any atom is 0.268 e. The average Bonchev–Trinajstić information content (AvgIpc) is 2.86. The Hall–Kier alpha value is -3.43. The molecule has 0 heterocycles. The van der Waals surface area contributed by atoms with Gasteiger partial charge in [-0.05, 0) is 61.0 Å². The van der Waals surface area contributed by atoms with Gasteiger partial charge in [-0.3, -0.25) is 9.10 Å². The zero-order valence-electron chi connectivity index (χ0n) is 19.9. The predicted molar refractivity (Wildman–Crippen MR) is 135 cm³/mol. The molecular formula is C25H27ClN2O6S. The second-order valence-electron chi connectivity index (χ2n) is 7.56. The van der Waals surface area contributed by atoms with Crippen LogP contribution in [0.1, 0.15) is 11.1 Å². The number of sulfonamides is 1. The molecule has 0 aliphatic rings. The highest BCUT2D eigenvalue weighted by Gasteiger charge is 2.30. The predicted octanol–water partition coefficient (Wildman–Crippen LogP) is 4.19. The van der Waals surface area contributed by atoms with Gasteiger partial charge in [-0.1, -0.05) is 23.7 Å². The molecule has 0 unspecified atom stereocenters. The summed E-state index contributed by atoms with van der Waals surface area (Å²) < 4.78 is 44.6. The van der Waals surface area contributed by atoms with E-state index in [-0.39, 0.29) is 22.9 Å². The molecule has 1 N–H and O–H groups in total. The lowest BCUT2D eigenvalue weighted by Gasteiger charge is -2.25. The number of benzene rings is 3. The number of nitrogens with zero attached hydrogens (tertiary/aromatic N) is 1. The topological polar surface area (TPSA) is 94.2 Å². The Bertz CT molecular complexity index is 1270. The van der Waals surface area contributed by atoms with Crippen molar-refractivity contribution in [1.29, 1.82) is 0 Å². The molecule has 35 heavy (non-hydrogen) atoms. The van der Waals surface area contributed by atoms with Crippen molar-refractivity contribution >= 4 is 33.2 Å². The minimum absolute atomic E-state index is 0.0471. The van der Waals surface area contributed by atoms with Crippen LogP contribution >= 0.6 is 11.6 Å². The summed E-state index contributed by atoms with van der Waals surface area (Å²) in [4.78, 5) is 13.0. The molecule has 1 amide bonds. The second kappa shape index (κ2) is 11.3. The maximum atomic E-state index is 13.8. The largest absolute Gasteiger partial charge is 0.496 e. The van der Waals surface area contributed by atoms with E-state index in [1.165, 1.54) is 27.4 Å². The summed E-state index contributed by atoms with van der Waals surface area (Å²) in [5, 5.41) is 3.20. The van der Waals surface area contributed by atoms with E-state index in [1.807, 2.05) is 0 Å². The number of rotatable bonds is 10. The number of nitrogens with one attached hydrogen (secondary N) is 1. The average molecular weight is 519 g/mol. The van der Waals surface area contributed by atoms with Crippen molar-refractivity contribution < 1.29 is 27.4 Å². The molecule has 0 aliphatic heterocycles. The Balaban J connectivity index is 1.94. The van der Waals surface area contributed by atoms with Gasteiger partial charge in [0.15, 0.2) is 0 Å². The van der Waals surface area contributed by atoms with E-state index >= 15 is 0 Å². The van der Waals surface area contributed by atoms with E-state index in [9.17, 15) is 13.2 Å². The molecular weight excluding hydrogens is 492 g/mol. The molecule has 3 aromatic carbocycles. The van der Waals surface area contributed by atoms with Crippen LogP contribution in [-0.4, -0.2) is 42.2 Å². The SMILES string of the molecule is COc1ccc(C)cc1S(=O)(=O)N(CC(=O)NCc1c(OC)cccc1OC)c1ccc(Cl)cc1. The first-order valence-corrected chi connectivity index (χ1v) is 12.4. The lowest BCUT2D eigenvalue weighted by atomic mass is 10.1. The van der Waals surface area contributed by atoms with Crippen LogP contribution in [0.4, 0.5) is 5.69 Å². The molecule has 0 bridgehead atoms. The lowest BCUT2D eigenvalue weighted by molar-refractivity contribution is -0.119. The fourth-order valence-electron chi connectivity index (χ4n) is 3.50. The molecule has 10 heteroatoms. The summed E-state index contributed by atoms with van der Waals surface area (Å²) in [6, 6.07) is 16.3. The summed E-state index contributed by atoms with van der Waals surface area (Å²) in [7, 11) is 0.248. The molecule has 0 saturated heterocycles. The minimum atomic E-state index is -4.18. The molecule has 0 spiro atoms. The van der Waals surface area contributed by atoms with E-state index in [1.54, 1.807) is 61.5 Å². The monoisotopic (exact) mass is 518 g/mol. The van der Waals surface area contributed by atoms with Gasteiger partial charge in [0, 0.05) is 5.02 Å². The Morgan fingerprint density at radius 1 is 0.914 bits per heavy atom. The first-order chi connectivity index (χ1) is 16.7. The van der Waals surface area contributed by atoms with Crippen molar-refractivity contribution in [2.45, 2.75) is 18.4 Å². The van der Waals surface area contributed by atoms with Crippen molar-refractivity contribution in [3.8, 4) is 17.2 Å². The third-order valence-electron chi connectivity index (χ3n) is 5.28. The summed E-state index contributed by atoms with van der Waals surface area (Å²) in [6.45, 7) is 1.38. The van der Waals surface area contributed by atoms with Crippen molar-refractivity contribution in [1.82, 2.24) is 5.32 Å². The van der Waals surface area contributed by atoms with E-state index < -0.39 is 22.5 Å². The van der Waals surface area contributed by atoms with Crippen LogP contribution in [0.5, 0.6) is 17.2 Å². The third-order valence-corrected chi connectivity index (χ3v) is 7.33. The van der Waals surface area contributed by atoms with Gasteiger partial charge in [0.1, 0.15) is 28.7 Å². The number of methoxy groups -OCH3 is 3. The molecule has 186 valence electrons. The molecule has 3 rings (SSSR count). The van der Waals surface area contributed by atoms with Crippen molar-refractivity contribution in [2.24, 2.45) is 0 Å². The van der Waals surface area contributed by atoms with Gasteiger partial charge in [0.05, 0.1) is 39.1 Å². The Morgan fingerprint density at radius 3 is 2.09 bits per heavy atom. The third kappa shape index (κ3) is 5.98. The maximum absolute atomic E-state index is 13.8. The van der Waals surface area contributed by atoms with Crippen LogP contribution in [0.15, 0.2) is 65.6 Å². The number of aryl methyl sites for hydroxylation is 1. The van der Waals surface area contributed by atoms with Crippen LogP contribution in [-0.2, 0) is 21.4 Å². The number of amides is 1. The first-order valence-electron chi connectivity index (χ1n) is 10.6. The van der Waals surface area contributed by atoms with Crippen LogP contribution in [0, 0.1) is 6.92 Å². The van der Waals surface area contributed by atoms with Crippen molar-refractivity contribution in [2.75, 3.05) is 32.2 Å². The molecule has 0 radical (unpaired) electrons. The zero-order valence-corrected chi connectivity index (χ0v) is 21.4. The molecule has 3 aromatic rings. The highest BCUT2D eigenvalue weighted by Crippen LogP contribution is 2.32. The molecule has 0 saturated carbocycles. The number of ether oxygens (including phenoxy) is 3. The number of halogens is 1. The summed E-state index contributed by atoms with van der Waals surface area (Å²) in [6.07, 6.45) is 0. The summed E-state index contributed by atoms with van der Waals surface area (Å²) in [5.41, 5.74) is 1.64. The number of anilines is 1. The van der Waals surface area contributed by atoms with E-state index in [0.717, 1.165) is 9.87 Å². The van der Waals surface area contributed by atoms with Crippen LogP contribution in [0.3, 0.4) is 0 Å². The van der Waals surface area contributed by atoms with Gasteiger partial charge in [-0.2, -0.15) is 0 Å². The Labute approximate surface area is 210 Å². The van der Waals surface area contributed by atoms with E-state index in [0.29, 0.717) is 22.1 Å². The van der Waals surface area contributed by atoms with Crippen LogP contribution in [0.25, 0.3) is 0 Å². The standard InChI is InChI=1S/C25H27ClN2O6S/c1-17-8-13-23(34-4)24(14-17)35(30,31)28(19-11-9-18(26)10-12-19)16-25(29)27-15-20-21(32-2)6-5-7-22(20)33-3/h5-14H,15-16H2,1-4H3,(H,27,29). The van der Waals surface area contributed by atoms with E-state index in [4.69, 9.17) is 25.8 Å². The van der Waals surface area contributed by atoms with Crippen LogP contribution in [0.2, 0.25) is 5.02 Å². The fourth-order valence-corrected chi connectivity index (χ4v) is 5.29. The quantitative estimate of drug-likeness (QED) is 0.432. The highest BCUT2D eigenvalue weighted by molar-refractivity contribution is 7.93. The normalized spacial score (nSPS) is 11.0. The fraction of sp³-hybridized carbons (Fsp3) is 0.240. The Morgan fingerprint density at radius 2 is 1.51 bits per heavy atom. The minimum Gasteiger partial charge on any atom is -0.496 e. The van der Waals surface area contributed by atoms with Gasteiger partial charge >= 0.3 is 0 Å². The van der Waals surface area contributed by atoms with Gasteiger partial charge in [0.25, 0.3) is 10.0 Å². The summed E-state index contributed by atoms with van der Waals surface area (Å²) >= 11 is 6.01. The smallest absolute Gasteiger partial charge is 0.268 e. The molecule has 0 fully saturated rings. The van der Waals surface area contributed by atoms with Crippen LogP contribution < -0.4 is 23.8 Å². The number of hydrogen-bond donors (Lipinski definition) is 1. The molecule has 0 atom stereocenters. The number of carbonyl (C=O) groups excluding carboxylic acids is 1. The Kier molecular flexibility index (Phi) is 8.48. The van der Waals surface area contributed by atoms with E-state index in [2.05, 4.69) is 5.32 Å². The zero-order chi connectivity index (χ0) is 25.6. The van der Waals surface area contributed by atoms with Crippen molar-refractivity contribution in [3.63, 3.8) is 0 Å². The second-order valence-corrected chi connectivity index (χ2v) is 9.83. The van der Waals surface area contributed by atoms with Gasteiger partial charge < -0.3 is 19.5 Å². The summed E-state index contributed by atoms with van der Waals surface area (Å²) in [5.74, 6) is 0.726. The highest BCUT2D eigenvalue weighted by atomic mass is 35.5. The number of carbonyl (C=O) groups is 1. The van der Waals surface area contributed by atoms with Gasteiger partial charge in [-0.15, -0.1) is 0 Å². The molecule has 0 aliphatic carbocycles. The number of hydrogen-bond acceptors (Lipinski definition) is 6. The molecule has 8 nitrogen and oxygen atoms in total. The molecule has 0 aromatic heterocycles. The lowest BCUT2D eigenvalue weighted by Crippen LogP contribution is -2.40. The first kappa shape index (κ1) is 26.2. The van der Waals surface area contributed by atoms with Crippen molar-refractivity contribution in [3.05, 3.63) is 76.8 Å².